The average molecular weight is 525 g/mol. The minimum atomic E-state index is -0.192. The highest BCUT2D eigenvalue weighted by Gasteiger charge is 2.26. The zero-order valence-corrected chi connectivity index (χ0v) is 22.4. The third-order valence-electron chi connectivity index (χ3n) is 8.61. The highest BCUT2D eigenvalue weighted by Crippen LogP contribution is 2.34. The summed E-state index contributed by atoms with van der Waals surface area (Å²) in [5.41, 5.74) is 4.83. The maximum absolute atomic E-state index is 13.7. The summed E-state index contributed by atoms with van der Waals surface area (Å²) in [6, 6.07) is 16.3. The van der Waals surface area contributed by atoms with E-state index in [1.54, 1.807) is 0 Å². The molecule has 0 amide bonds. The maximum Gasteiger partial charge on any atom is 0.335 e. The lowest BCUT2D eigenvalue weighted by Crippen LogP contribution is -2.31. The van der Waals surface area contributed by atoms with Gasteiger partial charge in [0.2, 0.25) is 11.7 Å². The lowest BCUT2D eigenvalue weighted by Gasteiger charge is -2.22. The van der Waals surface area contributed by atoms with Gasteiger partial charge in [-0.2, -0.15) is 5.21 Å². The number of benzene rings is 2. The van der Waals surface area contributed by atoms with Crippen LogP contribution in [0.25, 0.3) is 22.5 Å². The zero-order valence-electron chi connectivity index (χ0n) is 22.4. The molecule has 0 aliphatic heterocycles. The molecule has 39 heavy (non-hydrogen) atoms. The Kier molecular flexibility index (Phi) is 7.52. The summed E-state index contributed by atoms with van der Waals surface area (Å²) in [6.45, 7) is 0.459. The van der Waals surface area contributed by atoms with Crippen molar-refractivity contribution >= 4 is 5.91 Å². The van der Waals surface area contributed by atoms with Crippen LogP contribution >= 0.6 is 0 Å². The predicted octanol–water partition coefficient (Wildman–Crippen LogP) is 6.20. The predicted molar refractivity (Wildman–Crippen MR) is 150 cm³/mol. The van der Waals surface area contributed by atoms with Crippen LogP contribution in [0.4, 0.5) is 0 Å². The van der Waals surface area contributed by atoms with Gasteiger partial charge in [-0.05, 0) is 53.5 Å². The summed E-state index contributed by atoms with van der Waals surface area (Å²) < 4.78 is 3.28. The monoisotopic (exact) mass is 524 g/mol. The van der Waals surface area contributed by atoms with Gasteiger partial charge in [0.1, 0.15) is 0 Å². The van der Waals surface area contributed by atoms with E-state index in [2.05, 4.69) is 44.9 Å². The van der Waals surface area contributed by atoms with Crippen LogP contribution in [0.15, 0.2) is 59.5 Å². The first-order chi connectivity index (χ1) is 19.2. The van der Waals surface area contributed by atoms with E-state index in [0.29, 0.717) is 30.6 Å². The molecule has 0 unspecified atom stereocenters. The standard InChI is InChI=1S/C31H36N6O2/c38-29(19-22-9-3-1-4-10-22)37-21-28(25-11-5-2-6-12-25)36(31(37)39)20-23-15-17-24(18-16-23)26-13-7-8-14-27(26)30-32-34-35-33-30/h7-8,13-18,21-22,25H,1-6,9-12,19-20H2,(H,32,33,34,35). The fraction of sp³-hybridized carbons (Fsp3) is 0.452. The second kappa shape index (κ2) is 11.5. The minimum absolute atomic E-state index is 0.0453. The molecular formula is C31H36N6O2. The van der Waals surface area contributed by atoms with E-state index in [-0.39, 0.29) is 11.6 Å². The molecule has 2 fully saturated rings. The van der Waals surface area contributed by atoms with Crippen molar-refractivity contribution in [3.05, 3.63) is 76.5 Å². The molecule has 6 rings (SSSR count). The Balaban J connectivity index is 1.28. The smallest absolute Gasteiger partial charge is 0.291 e. The molecular weight excluding hydrogens is 488 g/mol. The molecule has 2 saturated carbocycles. The van der Waals surface area contributed by atoms with Crippen molar-refractivity contribution < 1.29 is 4.79 Å². The number of hydrogen-bond donors (Lipinski definition) is 1. The van der Waals surface area contributed by atoms with Gasteiger partial charge in [-0.15, -0.1) is 10.2 Å². The number of carbonyl (C=O) groups is 1. The Morgan fingerprint density at radius 2 is 1.56 bits per heavy atom. The zero-order chi connectivity index (χ0) is 26.6. The molecule has 1 N–H and O–H groups in total. The van der Waals surface area contributed by atoms with E-state index in [1.165, 1.54) is 43.1 Å². The van der Waals surface area contributed by atoms with E-state index in [4.69, 9.17) is 0 Å². The first-order valence-corrected chi connectivity index (χ1v) is 14.4. The Bertz CT molecular complexity index is 1460. The fourth-order valence-electron chi connectivity index (χ4n) is 6.47. The van der Waals surface area contributed by atoms with Crippen molar-refractivity contribution in [3.63, 3.8) is 0 Å². The van der Waals surface area contributed by atoms with Gasteiger partial charge in [-0.1, -0.05) is 87.1 Å². The van der Waals surface area contributed by atoms with E-state index in [9.17, 15) is 9.59 Å². The van der Waals surface area contributed by atoms with Crippen molar-refractivity contribution in [3.8, 4) is 22.5 Å². The lowest BCUT2D eigenvalue weighted by atomic mass is 9.86. The molecule has 0 atom stereocenters. The van der Waals surface area contributed by atoms with Crippen LogP contribution < -0.4 is 5.69 Å². The van der Waals surface area contributed by atoms with E-state index in [1.807, 2.05) is 35.0 Å². The molecule has 2 aromatic carbocycles. The molecule has 2 heterocycles. The van der Waals surface area contributed by atoms with Gasteiger partial charge in [-0.25, -0.2) is 9.36 Å². The van der Waals surface area contributed by atoms with Gasteiger partial charge in [0.25, 0.3) is 0 Å². The topological polar surface area (TPSA) is 98.5 Å². The highest BCUT2D eigenvalue weighted by atomic mass is 16.2. The third-order valence-corrected chi connectivity index (χ3v) is 8.61. The number of imidazole rings is 1. The largest absolute Gasteiger partial charge is 0.335 e. The molecule has 8 heteroatoms. The van der Waals surface area contributed by atoms with Crippen LogP contribution in [0.1, 0.15) is 92.6 Å². The molecule has 0 bridgehead atoms. The summed E-state index contributed by atoms with van der Waals surface area (Å²) in [7, 11) is 0. The van der Waals surface area contributed by atoms with Crippen molar-refractivity contribution in [1.29, 1.82) is 0 Å². The van der Waals surface area contributed by atoms with E-state index >= 15 is 0 Å². The molecule has 4 aromatic rings. The van der Waals surface area contributed by atoms with Gasteiger partial charge < -0.3 is 0 Å². The summed E-state index contributed by atoms with van der Waals surface area (Å²) >= 11 is 0. The number of aromatic nitrogens is 6. The van der Waals surface area contributed by atoms with Crippen molar-refractivity contribution in [2.24, 2.45) is 5.92 Å². The molecule has 0 saturated heterocycles. The summed E-state index contributed by atoms with van der Waals surface area (Å²) in [5, 5.41) is 14.5. The molecule has 0 radical (unpaired) electrons. The number of H-pyrrole nitrogens is 1. The molecule has 202 valence electrons. The molecule has 2 aromatic heterocycles. The van der Waals surface area contributed by atoms with Crippen LogP contribution in [-0.4, -0.2) is 35.7 Å². The Morgan fingerprint density at radius 3 is 2.26 bits per heavy atom. The van der Waals surface area contributed by atoms with Gasteiger partial charge in [0, 0.05) is 29.8 Å². The third kappa shape index (κ3) is 5.51. The first-order valence-electron chi connectivity index (χ1n) is 14.4. The molecule has 2 aliphatic rings. The average Bonchev–Trinajstić information content (AvgIpc) is 3.63. The van der Waals surface area contributed by atoms with Gasteiger partial charge >= 0.3 is 5.69 Å². The molecule has 2 aliphatic carbocycles. The normalized spacial score (nSPS) is 16.9. The van der Waals surface area contributed by atoms with Crippen LogP contribution in [0.5, 0.6) is 0 Å². The SMILES string of the molecule is O=C(CC1CCCCC1)n1cc(C2CCCCC2)n(Cc2ccc(-c3ccccc3-c3nn[nH]n3)cc2)c1=O. The number of nitrogens with one attached hydrogen (secondary N) is 1. The summed E-state index contributed by atoms with van der Waals surface area (Å²) in [4.78, 5) is 27.0. The van der Waals surface area contributed by atoms with Crippen LogP contribution in [0.3, 0.4) is 0 Å². The number of tetrazole rings is 1. The number of carbonyl (C=O) groups excluding carboxylic acids is 1. The quantitative estimate of drug-likeness (QED) is 0.310. The first kappa shape index (κ1) is 25.5. The number of rotatable bonds is 7. The minimum Gasteiger partial charge on any atom is -0.291 e. The summed E-state index contributed by atoms with van der Waals surface area (Å²) in [5.74, 6) is 1.24. The Hall–Kier alpha value is -3.81. The lowest BCUT2D eigenvalue weighted by molar-refractivity contribution is 0.0863. The Labute approximate surface area is 228 Å². The van der Waals surface area contributed by atoms with Crippen LogP contribution in [0.2, 0.25) is 0 Å². The number of hydrogen-bond acceptors (Lipinski definition) is 5. The van der Waals surface area contributed by atoms with Gasteiger partial charge in [0.15, 0.2) is 0 Å². The Morgan fingerprint density at radius 1 is 0.872 bits per heavy atom. The van der Waals surface area contributed by atoms with Crippen molar-refractivity contribution in [2.45, 2.75) is 83.1 Å². The summed E-state index contributed by atoms with van der Waals surface area (Å²) in [6.07, 6.45) is 13.9. The number of nitrogens with zero attached hydrogens (tertiary/aromatic N) is 5. The van der Waals surface area contributed by atoms with Gasteiger partial charge in [0.05, 0.1) is 6.54 Å². The highest BCUT2D eigenvalue weighted by molar-refractivity contribution is 5.80. The molecule has 8 nitrogen and oxygen atoms in total. The van der Waals surface area contributed by atoms with Crippen LogP contribution in [0, 0.1) is 5.92 Å². The van der Waals surface area contributed by atoms with Crippen molar-refractivity contribution in [1.82, 2.24) is 29.8 Å². The van der Waals surface area contributed by atoms with Crippen LogP contribution in [-0.2, 0) is 6.54 Å². The van der Waals surface area contributed by atoms with Crippen molar-refractivity contribution in [2.75, 3.05) is 0 Å². The second-order valence-corrected chi connectivity index (χ2v) is 11.2. The molecule has 0 spiro atoms. The van der Waals surface area contributed by atoms with E-state index in [0.717, 1.165) is 53.6 Å². The second-order valence-electron chi connectivity index (χ2n) is 11.2. The fourth-order valence-corrected chi connectivity index (χ4v) is 6.47. The van der Waals surface area contributed by atoms with E-state index < -0.39 is 0 Å². The van der Waals surface area contributed by atoms with Gasteiger partial charge in [-0.3, -0.25) is 9.36 Å². The number of aromatic amines is 1. The maximum atomic E-state index is 13.7.